The Balaban J connectivity index is 2.26. The molecule has 1 aromatic carbocycles. The topological polar surface area (TPSA) is 65.1 Å². The van der Waals surface area contributed by atoms with Gasteiger partial charge in [-0.25, -0.2) is 4.79 Å². The van der Waals surface area contributed by atoms with Crippen molar-refractivity contribution >= 4 is 20.4 Å². The van der Waals surface area contributed by atoms with Gasteiger partial charge in [0.15, 0.2) is 14.4 Å². The van der Waals surface area contributed by atoms with E-state index in [4.69, 9.17) is 13.9 Å². The molecule has 1 aromatic rings. The average Bonchev–Trinajstić information content (AvgIpc) is 2.68. The molecule has 1 amide bonds. The van der Waals surface area contributed by atoms with Crippen molar-refractivity contribution < 1.29 is 36.7 Å². The van der Waals surface area contributed by atoms with E-state index in [1.165, 1.54) is 7.11 Å². The van der Waals surface area contributed by atoms with Gasteiger partial charge in [-0.15, -0.1) is 0 Å². The van der Waals surface area contributed by atoms with Crippen molar-refractivity contribution in [1.82, 2.24) is 4.90 Å². The number of hydrogen-bond acceptors (Lipinski definition) is 5. The van der Waals surface area contributed by atoms with E-state index in [9.17, 15) is 22.8 Å². The van der Waals surface area contributed by atoms with Gasteiger partial charge in [0.05, 0.1) is 19.1 Å². The summed E-state index contributed by atoms with van der Waals surface area (Å²) in [7, 11) is -1.38. The Morgan fingerprint density at radius 1 is 1.17 bits per heavy atom. The summed E-state index contributed by atoms with van der Waals surface area (Å²) in [5.41, 5.74) is 0.703. The first-order valence-electron chi connectivity index (χ1n) is 9.72. The van der Waals surface area contributed by atoms with Crippen LogP contribution >= 0.6 is 0 Å². The van der Waals surface area contributed by atoms with E-state index in [-0.39, 0.29) is 26.0 Å². The highest BCUT2D eigenvalue weighted by Crippen LogP contribution is 2.36. The standard InChI is InChI=1S/C20H28F3NO5Si/c1-27-18(25)15-10-11-16(17(20(21,22)23)29-30(2,3)4)24(12-15)19(26)28-13-14-8-6-5-7-9-14/h5-9,15-17H,10-13H2,1-4H3/t15-,16-,17+/m1/s1. The number of methoxy groups -OCH3 is 1. The van der Waals surface area contributed by atoms with Crippen LogP contribution < -0.4 is 0 Å². The average molecular weight is 448 g/mol. The molecule has 3 atom stereocenters. The molecular formula is C20H28F3NO5Si. The van der Waals surface area contributed by atoms with E-state index in [2.05, 4.69) is 0 Å². The number of ether oxygens (including phenoxy) is 2. The smallest absolute Gasteiger partial charge is 0.415 e. The molecule has 0 aliphatic carbocycles. The third-order valence-corrected chi connectivity index (χ3v) is 5.72. The Labute approximate surface area is 175 Å². The molecule has 30 heavy (non-hydrogen) atoms. The molecule has 1 saturated heterocycles. The lowest BCUT2D eigenvalue weighted by Crippen LogP contribution is -2.59. The second-order valence-electron chi connectivity index (χ2n) is 8.25. The quantitative estimate of drug-likeness (QED) is 0.479. The van der Waals surface area contributed by atoms with Crippen LogP contribution in [0.1, 0.15) is 18.4 Å². The first-order chi connectivity index (χ1) is 13.9. The van der Waals surface area contributed by atoms with Gasteiger partial charge < -0.3 is 18.8 Å². The number of likely N-dealkylation sites (tertiary alicyclic amines) is 1. The lowest BCUT2D eigenvalue weighted by atomic mass is 9.90. The van der Waals surface area contributed by atoms with Crippen LogP contribution in [0, 0.1) is 5.92 Å². The molecule has 0 unspecified atom stereocenters. The fourth-order valence-corrected chi connectivity index (χ4v) is 4.47. The van der Waals surface area contributed by atoms with E-state index in [1.807, 2.05) is 0 Å². The molecule has 0 aromatic heterocycles. The van der Waals surface area contributed by atoms with Crippen molar-refractivity contribution in [3.8, 4) is 0 Å². The van der Waals surface area contributed by atoms with Crippen molar-refractivity contribution in [3.63, 3.8) is 0 Å². The Morgan fingerprint density at radius 2 is 1.80 bits per heavy atom. The second kappa shape index (κ2) is 9.82. The molecule has 6 nitrogen and oxygen atoms in total. The van der Waals surface area contributed by atoms with Crippen molar-refractivity contribution in [2.45, 2.75) is 57.4 Å². The molecule has 1 heterocycles. The number of alkyl halides is 3. The zero-order chi connectivity index (χ0) is 22.5. The van der Waals surface area contributed by atoms with Gasteiger partial charge in [-0.05, 0) is 38.0 Å². The summed E-state index contributed by atoms with van der Waals surface area (Å²) < 4.78 is 57.1. The highest BCUT2D eigenvalue weighted by Gasteiger charge is 2.52. The first kappa shape index (κ1) is 24.2. The van der Waals surface area contributed by atoms with E-state index >= 15 is 0 Å². The van der Waals surface area contributed by atoms with Gasteiger partial charge >= 0.3 is 18.2 Å². The van der Waals surface area contributed by atoms with Gasteiger partial charge in [0, 0.05) is 6.54 Å². The molecule has 2 rings (SSSR count). The molecule has 1 aliphatic rings. The maximum atomic E-state index is 13.9. The predicted molar refractivity (Wildman–Crippen MR) is 106 cm³/mol. The number of esters is 1. The number of nitrogens with zero attached hydrogens (tertiary/aromatic N) is 1. The lowest BCUT2D eigenvalue weighted by Gasteiger charge is -2.43. The summed E-state index contributed by atoms with van der Waals surface area (Å²) in [6.45, 7) is 4.67. The van der Waals surface area contributed by atoms with Crippen molar-refractivity contribution in [3.05, 3.63) is 35.9 Å². The van der Waals surface area contributed by atoms with Gasteiger partial charge in [-0.1, -0.05) is 30.3 Å². The van der Waals surface area contributed by atoms with E-state index < -0.39 is 44.6 Å². The number of carbonyl (C=O) groups excluding carboxylic acids is 2. The summed E-state index contributed by atoms with van der Waals surface area (Å²) in [5, 5.41) is 0. The Hall–Kier alpha value is -2.07. The Kier molecular flexibility index (Phi) is 7.92. The van der Waals surface area contributed by atoms with Crippen LogP contribution in [0.4, 0.5) is 18.0 Å². The van der Waals surface area contributed by atoms with Crippen LogP contribution in [0.25, 0.3) is 0 Å². The van der Waals surface area contributed by atoms with Crippen molar-refractivity contribution in [1.29, 1.82) is 0 Å². The first-order valence-corrected chi connectivity index (χ1v) is 13.1. The number of carbonyl (C=O) groups is 2. The van der Waals surface area contributed by atoms with Gasteiger partial charge in [-0.3, -0.25) is 4.79 Å². The Bertz CT molecular complexity index is 723. The minimum absolute atomic E-state index is 0.0468. The molecule has 0 bridgehead atoms. The van der Waals surface area contributed by atoms with Crippen LogP contribution in [0.15, 0.2) is 30.3 Å². The fourth-order valence-electron chi connectivity index (χ4n) is 3.42. The number of rotatable bonds is 6. The molecule has 1 aliphatic heterocycles. The van der Waals surface area contributed by atoms with Crippen molar-refractivity contribution in [2.75, 3.05) is 13.7 Å². The van der Waals surface area contributed by atoms with E-state index in [0.717, 1.165) is 4.90 Å². The Morgan fingerprint density at radius 3 is 2.33 bits per heavy atom. The maximum Gasteiger partial charge on any atom is 0.415 e. The van der Waals surface area contributed by atoms with E-state index in [1.54, 1.807) is 50.0 Å². The molecular weight excluding hydrogens is 419 g/mol. The third kappa shape index (κ3) is 6.73. The monoisotopic (exact) mass is 447 g/mol. The minimum Gasteiger partial charge on any atom is -0.469 e. The van der Waals surface area contributed by atoms with Crippen LogP contribution in [0.3, 0.4) is 0 Å². The molecule has 168 valence electrons. The van der Waals surface area contributed by atoms with Gasteiger partial charge in [0.1, 0.15) is 6.61 Å². The summed E-state index contributed by atoms with van der Waals surface area (Å²) >= 11 is 0. The zero-order valence-corrected chi connectivity index (χ0v) is 18.6. The fraction of sp³-hybridized carbons (Fsp3) is 0.600. The molecule has 10 heteroatoms. The molecule has 1 fully saturated rings. The largest absolute Gasteiger partial charge is 0.469 e. The minimum atomic E-state index is -4.67. The molecule has 0 N–H and O–H groups in total. The van der Waals surface area contributed by atoms with Crippen LogP contribution in [0.2, 0.25) is 19.6 Å². The number of piperidine rings is 1. The van der Waals surface area contributed by atoms with Gasteiger partial charge in [-0.2, -0.15) is 13.2 Å². The van der Waals surface area contributed by atoms with E-state index in [0.29, 0.717) is 5.56 Å². The summed E-state index contributed by atoms with van der Waals surface area (Å²) in [6.07, 6.45) is -7.60. The maximum absolute atomic E-state index is 13.9. The molecule has 0 saturated carbocycles. The lowest BCUT2D eigenvalue weighted by molar-refractivity contribution is -0.217. The number of benzene rings is 1. The number of halogens is 3. The van der Waals surface area contributed by atoms with Crippen molar-refractivity contribution in [2.24, 2.45) is 5.92 Å². The summed E-state index contributed by atoms with van der Waals surface area (Å²) in [4.78, 5) is 25.7. The summed E-state index contributed by atoms with van der Waals surface area (Å²) in [5.74, 6) is -1.28. The highest BCUT2D eigenvalue weighted by atomic mass is 28.4. The number of amides is 1. The second-order valence-corrected chi connectivity index (χ2v) is 12.7. The predicted octanol–water partition coefficient (Wildman–Crippen LogP) is 4.36. The highest BCUT2D eigenvalue weighted by molar-refractivity contribution is 6.69. The SMILES string of the molecule is COC(=O)[C@@H]1CC[C@H]([C@H](O[Si](C)(C)C)C(F)(F)F)N(C(=O)OCc2ccccc2)C1. The summed E-state index contributed by atoms with van der Waals surface area (Å²) in [6, 6.07) is 7.54. The molecule has 0 radical (unpaired) electrons. The van der Waals surface area contributed by atoms with Crippen LogP contribution in [-0.4, -0.2) is 57.3 Å². The number of hydrogen-bond donors (Lipinski definition) is 0. The van der Waals surface area contributed by atoms with Gasteiger partial charge in [0.25, 0.3) is 0 Å². The van der Waals surface area contributed by atoms with Gasteiger partial charge in [0.2, 0.25) is 0 Å². The molecule has 0 spiro atoms. The third-order valence-electron chi connectivity index (χ3n) is 4.76. The zero-order valence-electron chi connectivity index (χ0n) is 17.6. The van der Waals surface area contributed by atoms with Crippen LogP contribution in [0.5, 0.6) is 0 Å². The normalized spacial score (nSPS) is 21.1. The van der Waals surface area contributed by atoms with Crippen LogP contribution in [-0.2, 0) is 25.3 Å².